The molecule has 2 aromatic rings. The van der Waals surface area contributed by atoms with Crippen molar-refractivity contribution in [1.82, 2.24) is 15.5 Å². The standard InChI is InChI=1S/C22H29N3O3/c1-27-16-18-7-5-6-17(12-18)13-24-22(26)15-25-11-10-23-14-20(25)19-8-3-4-9-21(19)28-2/h3-9,12,20,23H,10-11,13-16H2,1-2H3,(H,24,26). The highest BCUT2D eigenvalue weighted by atomic mass is 16.5. The largest absolute Gasteiger partial charge is 0.496 e. The molecule has 1 unspecified atom stereocenters. The van der Waals surface area contributed by atoms with E-state index in [1.54, 1.807) is 14.2 Å². The number of hydrogen-bond acceptors (Lipinski definition) is 5. The van der Waals surface area contributed by atoms with E-state index >= 15 is 0 Å². The molecule has 0 saturated carbocycles. The number of nitrogens with one attached hydrogen (secondary N) is 2. The van der Waals surface area contributed by atoms with E-state index in [2.05, 4.69) is 27.7 Å². The maximum absolute atomic E-state index is 12.6. The van der Waals surface area contributed by atoms with Crippen LogP contribution in [0.1, 0.15) is 22.7 Å². The van der Waals surface area contributed by atoms with E-state index < -0.39 is 0 Å². The van der Waals surface area contributed by atoms with E-state index in [0.29, 0.717) is 19.7 Å². The summed E-state index contributed by atoms with van der Waals surface area (Å²) in [7, 11) is 3.36. The Kier molecular flexibility index (Phi) is 7.42. The lowest BCUT2D eigenvalue weighted by atomic mass is 10.0. The fourth-order valence-electron chi connectivity index (χ4n) is 3.62. The molecule has 150 valence electrons. The van der Waals surface area contributed by atoms with Gasteiger partial charge in [0.05, 0.1) is 26.3 Å². The molecular weight excluding hydrogens is 354 g/mol. The monoisotopic (exact) mass is 383 g/mol. The molecule has 0 spiro atoms. The fraction of sp³-hybridized carbons (Fsp3) is 0.409. The van der Waals surface area contributed by atoms with E-state index in [4.69, 9.17) is 9.47 Å². The lowest BCUT2D eigenvalue weighted by Gasteiger charge is -2.36. The predicted molar refractivity (Wildman–Crippen MR) is 109 cm³/mol. The van der Waals surface area contributed by atoms with E-state index in [0.717, 1.165) is 42.1 Å². The van der Waals surface area contributed by atoms with Crippen molar-refractivity contribution >= 4 is 5.91 Å². The minimum Gasteiger partial charge on any atom is -0.496 e. The molecule has 0 aliphatic carbocycles. The summed E-state index contributed by atoms with van der Waals surface area (Å²) in [5.41, 5.74) is 3.29. The Hall–Kier alpha value is -2.41. The van der Waals surface area contributed by atoms with Crippen molar-refractivity contribution < 1.29 is 14.3 Å². The second kappa shape index (κ2) is 10.2. The lowest BCUT2D eigenvalue weighted by Crippen LogP contribution is -2.49. The van der Waals surface area contributed by atoms with Crippen LogP contribution in [-0.2, 0) is 22.7 Å². The lowest BCUT2D eigenvalue weighted by molar-refractivity contribution is -0.123. The number of rotatable bonds is 8. The number of para-hydroxylation sites is 1. The third kappa shape index (κ3) is 5.32. The zero-order valence-electron chi connectivity index (χ0n) is 16.6. The predicted octanol–water partition coefficient (Wildman–Crippen LogP) is 2.10. The van der Waals surface area contributed by atoms with E-state index in [-0.39, 0.29) is 11.9 Å². The summed E-state index contributed by atoms with van der Waals surface area (Å²) in [5, 5.41) is 6.47. The summed E-state index contributed by atoms with van der Waals surface area (Å²) in [6, 6.07) is 16.2. The smallest absolute Gasteiger partial charge is 0.234 e. The van der Waals surface area contributed by atoms with Crippen molar-refractivity contribution in [2.45, 2.75) is 19.2 Å². The summed E-state index contributed by atoms with van der Waals surface area (Å²) in [6.07, 6.45) is 0. The summed E-state index contributed by atoms with van der Waals surface area (Å²) in [6.45, 7) is 3.94. The van der Waals surface area contributed by atoms with Gasteiger partial charge in [-0.15, -0.1) is 0 Å². The molecule has 1 fully saturated rings. The van der Waals surface area contributed by atoms with Gasteiger partial charge in [-0.25, -0.2) is 0 Å². The maximum atomic E-state index is 12.6. The van der Waals surface area contributed by atoms with Gasteiger partial charge in [0.25, 0.3) is 0 Å². The highest BCUT2D eigenvalue weighted by molar-refractivity contribution is 5.78. The second-order valence-electron chi connectivity index (χ2n) is 6.96. The average Bonchev–Trinajstić information content (AvgIpc) is 2.73. The van der Waals surface area contributed by atoms with Gasteiger partial charge < -0.3 is 20.1 Å². The van der Waals surface area contributed by atoms with Crippen LogP contribution in [0.3, 0.4) is 0 Å². The van der Waals surface area contributed by atoms with Crippen molar-refractivity contribution in [1.29, 1.82) is 0 Å². The maximum Gasteiger partial charge on any atom is 0.234 e. The summed E-state index contributed by atoms with van der Waals surface area (Å²) in [4.78, 5) is 14.8. The van der Waals surface area contributed by atoms with Crippen LogP contribution in [0.2, 0.25) is 0 Å². The van der Waals surface area contributed by atoms with Crippen molar-refractivity contribution in [3.63, 3.8) is 0 Å². The first-order valence-corrected chi connectivity index (χ1v) is 9.62. The van der Waals surface area contributed by atoms with E-state index in [1.807, 2.05) is 36.4 Å². The highest BCUT2D eigenvalue weighted by Gasteiger charge is 2.27. The van der Waals surface area contributed by atoms with Gasteiger partial charge in [0.2, 0.25) is 5.91 Å². The third-order valence-corrected chi connectivity index (χ3v) is 4.99. The SMILES string of the molecule is COCc1cccc(CNC(=O)CN2CCNCC2c2ccccc2OC)c1. The molecule has 2 N–H and O–H groups in total. The molecule has 28 heavy (non-hydrogen) atoms. The van der Waals surface area contributed by atoms with Crippen LogP contribution in [0.15, 0.2) is 48.5 Å². The first-order valence-electron chi connectivity index (χ1n) is 9.62. The van der Waals surface area contributed by atoms with Crippen LogP contribution in [0, 0.1) is 0 Å². The van der Waals surface area contributed by atoms with Crippen molar-refractivity contribution in [3.05, 3.63) is 65.2 Å². The van der Waals surface area contributed by atoms with Crippen molar-refractivity contribution in [2.24, 2.45) is 0 Å². The third-order valence-electron chi connectivity index (χ3n) is 4.99. The number of carbonyl (C=O) groups excluding carboxylic acids is 1. The summed E-state index contributed by atoms with van der Waals surface area (Å²) in [5.74, 6) is 0.885. The molecular formula is C22H29N3O3. The number of piperazine rings is 1. The summed E-state index contributed by atoms with van der Waals surface area (Å²) < 4.78 is 10.7. The molecule has 6 nitrogen and oxygen atoms in total. The Morgan fingerprint density at radius 1 is 1.18 bits per heavy atom. The van der Waals surface area contributed by atoms with Gasteiger partial charge in [-0.3, -0.25) is 9.69 Å². The number of nitrogens with zero attached hydrogens (tertiary/aromatic N) is 1. The zero-order chi connectivity index (χ0) is 19.8. The average molecular weight is 383 g/mol. The molecule has 3 rings (SSSR count). The topological polar surface area (TPSA) is 62.8 Å². The highest BCUT2D eigenvalue weighted by Crippen LogP contribution is 2.29. The Morgan fingerprint density at radius 3 is 2.82 bits per heavy atom. The molecule has 1 saturated heterocycles. The number of carbonyl (C=O) groups is 1. The van der Waals surface area contributed by atoms with Crippen LogP contribution in [0.25, 0.3) is 0 Å². The van der Waals surface area contributed by atoms with Gasteiger partial charge in [0.1, 0.15) is 5.75 Å². The molecule has 1 amide bonds. The van der Waals surface area contributed by atoms with Crippen LogP contribution >= 0.6 is 0 Å². The molecule has 0 aromatic heterocycles. The molecule has 1 heterocycles. The van der Waals surface area contributed by atoms with Crippen molar-refractivity contribution in [2.75, 3.05) is 40.4 Å². The molecule has 6 heteroatoms. The van der Waals surface area contributed by atoms with Crippen LogP contribution in [-0.4, -0.2) is 51.2 Å². The van der Waals surface area contributed by atoms with E-state index in [9.17, 15) is 4.79 Å². The van der Waals surface area contributed by atoms with Gasteiger partial charge in [0.15, 0.2) is 0 Å². The molecule has 0 radical (unpaired) electrons. The van der Waals surface area contributed by atoms with Gasteiger partial charge in [0, 0.05) is 38.9 Å². The Morgan fingerprint density at radius 2 is 2.00 bits per heavy atom. The zero-order valence-corrected chi connectivity index (χ0v) is 16.6. The Labute approximate surface area is 166 Å². The van der Waals surface area contributed by atoms with Crippen LogP contribution in [0.4, 0.5) is 0 Å². The van der Waals surface area contributed by atoms with Crippen molar-refractivity contribution in [3.8, 4) is 5.75 Å². The minimum atomic E-state index is 0.0268. The number of ether oxygens (including phenoxy) is 2. The van der Waals surface area contributed by atoms with Gasteiger partial charge in [-0.05, 0) is 17.2 Å². The molecule has 0 bridgehead atoms. The van der Waals surface area contributed by atoms with Crippen LogP contribution in [0.5, 0.6) is 5.75 Å². The molecule has 1 aliphatic rings. The first kappa shape index (κ1) is 20.3. The molecule has 1 aliphatic heterocycles. The molecule has 2 aromatic carbocycles. The number of amides is 1. The minimum absolute atomic E-state index is 0.0268. The van der Waals surface area contributed by atoms with Gasteiger partial charge in [-0.2, -0.15) is 0 Å². The number of hydrogen-bond donors (Lipinski definition) is 2. The van der Waals surface area contributed by atoms with E-state index in [1.165, 1.54) is 0 Å². The molecule has 1 atom stereocenters. The Balaban J connectivity index is 1.61. The Bertz CT molecular complexity index is 781. The van der Waals surface area contributed by atoms with Gasteiger partial charge >= 0.3 is 0 Å². The summed E-state index contributed by atoms with van der Waals surface area (Å²) >= 11 is 0. The normalized spacial score (nSPS) is 17.3. The number of methoxy groups -OCH3 is 2. The fourth-order valence-corrected chi connectivity index (χ4v) is 3.62. The van der Waals surface area contributed by atoms with Crippen LogP contribution < -0.4 is 15.4 Å². The van der Waals surface area contributed by atoms with Gasteiger partial charge in [-0.1, -0.05) is 42.5 Å². The second-order valence-corrected chi connectivity index (χ2v) is 6.96. The first-order chi connectivity index (χ1) is 13.7. The number of benzene rings is 2. The quantitative estimate of drug-likeness (QED) is 0.731.